The van der Waals surface area contributed by atoms with Gasteiger partial charge in [-0.05, 0) is 38.0 Å². The van der Waals surface area contributed by atoms with Gasteiger partial charge in [0.15, 0.2) is 0 Å². The Balaban J connectivity index is 1.92. The summed E-state index contributed by atoms with van der Waals surface area (Å²) in [6.07, 6.45) is 1.58. The molecule has 21 heavy (non-hydrogen) atoms. The third-order valence-electron chi connectivity index (χ3n) is 3.54. The van der Waals surface area contributed by atoms with Gasteiger partial charge in [-0.1, -0.05) is 15.9 Å². The number of hydrogen-bond acceptors (Lipinski definition) is 4. The number of ether oxygens (including phenoxy) is 2. The highest BCUT2D eigenvalue weighted by molar-refractivity contribution is 9.10. The fourth-order valence-electron chi connectivity index (χ4n) is 2.43. The molecule has 0 unspecified atom stereocenters. The van der Waals surface area contributed by atoms with E-state index in [-0.39, 0.29) is 6.09 Å². The van der Waals surface area contributed by atoms with Gasteiger partial charge in [-0.3, -0.25) is 0 Å². The van der Waals surface area contributed by atoms with E-state index in [9.17, 15) is 4.79 Å². The Morgan fingerprint density at radius 2 is 2.14 bits per heavy atom. The molecule has 1 aromatic carbocycles. The Kier molecular flexibility index (Phi) is 5.73. The van der Waals surface area contributed by atoms with Crippen LogP contribution in [0, 0.1) is 0 Å². The van der Waals surface area contributed by atoms with Crippen molar-refractivity contribution in [3.8, 4) is 5.75 Å². The van der Waals surface area contributed by atoms with Gasteiger partial charge in [-0.2, -0.15) is 0 Å². The zero-order valence-electron chi connectivity index (χ0n) is 12.4. The number of methoxy groups -OCH3 is 1. The number of halogens is 1. The van der Waals surface area contributed by atoms with Gasteiger partial charge in [0, 0.05) is 23.6 Å². The number of nitrogens with one attached hydrogen (secondary N) is 1. The summed E-state index contributed by atoms with van der Waals surface area (Å²) in [5.41, 5.74) is 0.974. The van der Waals surface area contributed by atoms with Crippen LogP contribution in [0.3, 0.4) is 0 Å². The molecule has 0 saturated carbocycles. The summed E-state index contributed by atoms with van der Waals surface area (Å²) in [4.78, 5) is 13.4. The number of likely N-dealkylation sites (tertiary alicyclic amines) is 1. The van der Waals surface area contributed by atoms with Crippen LogP contribution in [0.2, 0.25) is 0 Å². The third kappa shape index (κ3) is 4.27. The number of carbonyl (C=O) groups excluding carboxylic acids is 1. The molecule has 0 radical (unpaired) electrons. The molecule has 6 heteroatoms. The average molecular weight is 357 g/mol. The SMILES string of the molecule is CCOC(=O)N1CCC(Nc2cc(Br)ccc2OC)CC1. The fraction of sp³-hybridized carbons (Fsp3) is 0.533. The second-order valence-electron chi connectivity index (χ2n) is 4.95. The van der Waals surface area contributed by atoms with Crippen molar-refractivity contribution in [3.63, 3.8) is 0 Å². The van der Waals surface area contributed by atoms with Crippen LogP contribution >= 0.6 is 15.9 Å². The van der Waals surface area contributed by atoms with Crippen LogP contribution in [0.4, 0.5) is 10.5 Å². The van der Waals surface area contributed by atoms with Gasteiger partial charge >= 0.3 is 6.09 Å². The van der Waals surface area contributed by atoms with Gasteiger partial charge in [0.2, 0.25) is 0 Å². The number of amides is 1. The van der Waals surface area contributed by atoms with E-state index < -0.39 is 0 Å². The Bertz CT molecular complexity index is 488. The summed E-state index contributed by atoms with van der Waals surface area (Å²) in [6, 6.07) is 6.23. The molecule has 5 nitrogen and oxygen atoms in total. The van der Waals surface area contributed by atoms with Crippen LogP contribution in [-0.2, 0) is 4.74 Å². The van der Waals surface area contributed by atoms with Crippen LogP contribution < -0.4 is 10.1 Å². The molecule has 0 spiro atoms. The first-order chi connectivity index (χ1) is 10.1. The zero-order valence-corrected chi connectivity index (χ0v) is 14.0. The number of piperidine rings is 1. The third-order valence-corrected chi connectivity index (χ3v) is 4.04. The topological polar surface area (TPSA) is 50.8 Å². The smallest absolute Gasteiger partial charge is 0.409 e. The Morgan fingerprint density at radius 3 is 2.76 bits per heavy atom. The lowest BCUT2D eigenvalue weighted by Gasteiger charge is -2.32. The zero-order chi connectivity index (χ0) is 15.2. The average Bonchev–Trinajstić information content (AvgIpc) is 2.48. The Morgan fingerprint density at radius 1 is 1.43 bits per heavy atom. The van der Waals surface area contributed by atoms with Crippen LogP contribution in [0.1, 0.15) is 19.8 Å². The molecule has 1 aromatic rings. The van der Waals surface area contributed by atoms with E-state index in [4.69, 9.17) is 9.47 Å². The van der Waals surface area contributed by atoms with E-state index in [2.05, 4.69) is 21.2 Å². The molecule has 2 rings (SSSR count). The van der Waals surface area contributed by atoms with Gasteiger partial charge in [-0.15, -0.1) is 0 Å². The van der Waals surface area contributed by atoms with Gasteiger partial charge in [-0.25, -0.2) is 4.79 Å². The normalized spacial score (nSPS) is 15.7. The van der Waals surface area contributed by atoms with Crippen LogP contribution in [0.15, 0.2) is 22.7 Å². The van der Waals surface area contributed by atoms with Crippen LogP contribution in [0.25, 0.3) is 0 Å². The first-order valence-corrected chi connectivity index (χ1v) is 7.95. The predicted molar refractivity (Wildman–Crippen MR) is 85.9 cm³/mol. The van der Waals surface area contributed by atoms with Crippen LogP contribution in [-0.4, -0.2) is 43.8 Å². The number of carbonyl (C=O) groups is 1. The van der Waals surface area contributed by atoms with E-state index >= 15 is 0 Å². The van der Waals surface area contributed by atoms with E-state index in [0.717, 1.165) is 28.8 Å². The van der Waals surface area contributed by atoms with Crippen molar-refractivity contribution < 1.29 is 14.3 Å². The lowest BCUT2D eigenvalue weighted by Crippen LogP contribution is -2.42. The number of rotatable bonds is 4. The lowest BCUT2D eigenvalue weighted by molar-refractivity contribution is 0.0983. The maximum atomic E-state index is 11.7. The molecule has 1 saturated heterocycles. The summed E-state index contributed by atoms with van der Waals surface area (Å²) < 4.78 is 11.4. The van der Waals surface area contributed by atoms with E-state index in [0.29, 0.717) is 25.7 Å². The highest BCUT2D eigenvalue weighted by Gasteiger charge is 2.24. The summed E-state index contributed by atoms with van der Waals surface area (Å²) in [5, 5.41) is 3.50. The molecule has 1 heterocycles. The van der Waals surface area contributed by atoms with Gasteiger partial charge in [0.25, 0.3) is 0 Å². The molecule has 0 bridgehead atoms. The minimum Gasteiger partial charge on any atom is -0.495 e. The molecule has 0 atom stereocenters. The number of nitrogens with zero attached hydrogens (tertiary/aromatic N) is 1. The van der Waals surface area contributed by atoms with Crippen molar-refractivity contribution in [3.05, 3.63) is 22.7 Å². The standard InChI is InChI=1S/C15H21BrN2O3/c1-3-21-15(19)18-8-6-12(7-9-18)17-13-10-11(16)4-5-14(13)20-2/h4-5,10,12,17H,3,6-9H2,1-2H3. The first-order valence-electron chi connectivity index (χ1n) is 7.15. The lowest BCUT2D eigenvalue weighted by atomic mass is 10.0. The Labute approximate surface area is 133 Å². The second-order valence-corrected chi connectivity index (χ2v) is 5.86. The molecule has 1 fully saturated rings. The van der Waals surface area contributed by atoms with Gasteiger partial charge in [0.1, 0.15) is 5.75 Å². The van der Waals surface area contributed by atoms with Crippen molar-refractivity contribution in [2.45, 2.75) is 25.8 Å². The quantitative estimate of drug-likeness (QED) is 0.896. The minimum atomic E-state index is -0.212. The van der Waals surface area contributed by atoms with Gasteiger partial charge < -0.3 is 19.7 Å². The highest BCUT2D eigenvalue weighted by Crippen LogP contribution is 2.29. The van der Waals surface area contributed by atoms with E-state index in [1.54, 1.807) is 12.0 Å². The van der Waals surface area contributed by atoms with Crippen molar-refractivity contribution >= 4 is 27.7 Å². The van der Waals surface area contributed by atoms with Gasteiger partial charge in [0.05, 0.1) is 19.4 Å². The number of hydrogen-bond donors (Lipinski definition) is 1. The molecule has 116 valence electrons. The molecular formula is C15H21BrN2O3. The molecule has 1 aliphatic rings. The van der Waals surface area contributed by atoms with Crippen molar-refractivity contribution in [2.24, 2.45) is 0 Å². The predicted octanol–water partition coefficient (Wildman–Crippen LogP) is 3.49. The highest BCUT2D eigenvalue weighted by atomic mass is 79.9. The second kappa shape index (κ2) is 7.54. The van der Waals surface area contributed by atoms with E-state index in [1.165, 1.54) is 0 Å². The van der Waals surface area contributed by atoms with E-state index in [1.807, 2.05) is 25.1 Å². The van der Waals surface area contributed by atoms with Crippen molar-refractivity contribution in [2.75, 3.05) is 32.1 Å². The number of benzene rings is 1. The fourth-order valence-corrected chi connectivity index (χ4v) is 2.80. The monoisotopic (exact) mass is 356 g/mol. The maximum Gasteiger partial charge on any atom is 0.409 e. The van der Waals surface area contributed by atoms with Crippen molar-refractivity contribution in [1.29, 1.82) is 0 Å². The molecule has 1 aliphatic heterocycles. The molecule has 0 aromatic heterocycles. The minimum absolute atomic E-state index is 0.212. The molecular weight excluding hydrogens is 336 g/mol. The molecule has 1 N–H and O–H groups in total. The molecule has 0 aliphatic carbocycles. The summed E-state index contributed by atoms with van der Waals surface area (Å²) in [5.74, 6) is 0.825. The van der Waals surface area contributed by atoms with Crippen LogP contribution in [0.5, 0.6) is 5.75 Å². The van der Waals surface area contributed by atoms with Crippen molar-refractivity contribution in [1.82, 2.24) is 4.90 Å². The Hall–Kier alpha value is -1.43. The summed E-state index contributed by atoms with van der Waals surface area (Å²) in [7, 11) is 1.66. The largest absolute Gasteiger partial charge is 0.495 e. The first kappa shape index (κ1) is 15.9. The number of anilines is 1. The summed E-state index contributed by atoms with van der Waals surface area (Å²) in [6.45, 7) is 3.68. The molecule has 1 amide bonds. The summed E-state index contributed by atoms with van der Waals surface area (Å²) >= 11 is 3.47. The maximum absolute atomic E-state index is 11.7.